The van der Waals surface area contributed by atoms with Gasteiger partial charge in [-0.15, -0.1) is 0 Å². The molecular formula is C12H13F3N4. The number of aryl methyl sites for hydroxylation is 2. The van der Waals surface area contributed by atoms with Crippen molar-refractivity contribution in [3.05, 3.63) is 23.7 Å². The van der Waals surface area contributed by atoms with Crippen molar-refractivity contribution in [2.24, 2.45) is 13.0 Å². The summed E-state index contributed by atoms with van der Waals surface area (Å²) in [4.78, 5) is 7.33. The number of halogens is 3. The first kappa shape index (κ1) is 12.3. The summed E-state index contributed by atoms with van der Waals surface area (Å²) in [6.07, 6.45) is -1.89. The van der Waals surface area contributed by atoms with Gasteiger partial charge in [-0.1, -0.05) is 0 Å². The van der Waals surface area contributed by atoms with Crippen LogP contribution in [0.3, 0.4) is 0 Å². The molecule has 2 aromatic rings. The first-order valence-electron chi connectivity index (χ1n) is 6.08. The van der Waals surface area contributed by atoms with Crippen molar-refractivity contribution < 1.29 is 13.2 Å². The molecule has 1 N–H and O–H groups in total. The van der Waals surface area contributed by atoms with Crippen LogP contribution in [-0.4, -0.2) is 25.9 Å². The number of nitrogens with one attached hydrogen (secondary N) is 1. The Hall–Kier alpha value is -1.79. The van der Waals surface area contributed by atoms with E-state index in [4.69, 9.17) is 0 Å². The predicted octanol–water partition coefficient (Wildman–Crippen LogP) is 2.48. The third-order valence-corrected chi connectivity index (χ3v) is 3.46. The van der Waals surface area contributed by atoms with Gasteiger partial charge in [0.1, 0.15) is 5.69 Å². The smallest absolute Gasteiger partial charge is 0.340 e. The molecule has 0 fully saturated rings. The van der Waals surface area contributed by atoms with Crippen molar-refractivity contribution in [3.63, 3.8) is 0 Å². The highest BCUT2D eigenvalue weighted by molar-refractivity contribution is 5.50. The van der Waals surface area contributed by atoms with E-state index in [-0.39, 0.29) is 12.8 Å². The highest BCUT2D eigenvalue weighted by Crippen LogP contribution is 2.36. The SMILES string of the molecule is Cn1ccc(-c2nc3c([nH]2)CC(C(F)(F)F)CC3)n1. The molecule has 0 aliphatic heterocycles. The van der Waals surface area contributed by atoms with Crippen molar-refractivity contribution in [3.8, 4) is 11.5 Å². The minimum Gasteiger partial charge on any atom is -0.340 e. The highest BCUT2D eigenvalue weighted by Gasteiger charge is 2.42. The fourth-order valence-electron chi connectivity index (χ4n) is 2.42. The zero-order valence-electron chi connectivity index (χ0n) is 10.3. The second-order valence-electron chi connectivity index (χ2n) is 4.87. The van der Waals surface area contributed by atoms with Crippen LogP contribution in [0.2, 0.25) is 0 Å². The molecule has 2 aromatic heterocycles. The Morgan fingerprint density at radius 1 is 1.42 bits per heavy atom. The van der Waals surface area contributed by atoms with Crippen LogP contribution in [0.15, 0.2) is 12.3 Å². The van der Waals surface area contributed by atoms with E-state index in [1.807, 2.05) is 0 Å². The molecule has 2 heterocycles. The van der Waals surface area contributed by atoms with Crippen LogP contribution >= 0.6 is 0 Å². The first-order valence-corrected chi connectivity index (χ1v) is 6.08. The van der Waals surface area contributed by atoms with Crippen LogP contribution < -0.4 is 0 Å². The number of aromatic nitrogens is 4. The first-order chi connectivity index (χ1) is 8.93. The van der Waals surface area contributed by atoms with E-state index in [9.17, 15) is 13.2 Å². The number of hydrogen-bond acceptors (Lipinski definition) is 2. The molecule has 4 nitrogen and oxygen atoms in total. The van der Waals surface area contributed by atoms with E-state index in [0.29, 0.717) is 23.6 Å². The maximum Gasteiger partial charge on any atom is 0.392 e. The zero-order chi connectivity index (χ0) is 13.6. The van der Waals surface area contributed by atoms with Crippen LogP contribution in [0.4, 0.5) is 13.2 Å². The number of fused-ring (bicyclic) bond motifs is 1. The molecule has 0 aromatic carbocycles. The number of rotatable bonds is 1. The normalized spacial score (nSPS) is 19.5. The lowest BCUT2D eigenvalue weighted by Crippen LogP contribution is -2.28. The third-order valence-electron chi connectivity index (χ3n) is 3.46. The Bertz CT molecular complexity index is 596. The van der Waals surface area contributed by atoms with E-state index in [0.717, 1.165) is 5.69 Å². The van der Waals surface area contributed by atoms with E-state index >= 15 is 0 Å². The summed E-state index contributed by atoms with van der Waals surface area (Å²) in [6.45, 7) is 0. The third kappa shape index (κ3) is 2.24. The van der Waals surface area contributed by atoms with Gasteiger partial charge in [-0.3, -0.25) is 4.68 Å². The number of H-pyrrole nitrogens is 1. The fraction of sp³-hybridized carbons (Fsp3) is 0.500. The fourth-order valence-corrected chi connectivity index (χ4v) is 2.42. The van der Waals surface area contributed by atoms with Crippen molar-refractivity contribution in [1.29, 1.82) is 0 Å². The van der Waals surface area contributed by atoms with Gasteiger partial charge in [-0.25, -0.2) is 4.98 Å². The molecule has 0 saturated heterocycles. The van der Waals surface area contributed by atoms with Crippen molar-refractivity contribution >= 4 is 0 Å². The van der Waals surface area contributed by atoms with Gasteiger partial charge < -0.3 is 4.98 Å². The zero-order valence-corrected chi connectivity index (χ0v) is 10.3. The summed E-state index contributed by atoms with van der Waals surface area (Å²) in [6, 6.07) is 1.78. The molecule has 0 radical (unpaired) electrons. The minimum absolute atomic E-state index is 0.0152. The van der Waals surface area contributed by atoms with Gasteiger partial charge in [0.2, 0.25) is 0 Å². The van der Waals surface area contributed by atoms with Gasteiger partial charge in [0.15, 0.2) is 5.82 Å². The lowest BCUT2D eigenvalue weighted by molar-refractivity contribution is -0.177. The summed E-state index contributed by atoms with van der Waals surface area (Å²) in [5.41, 5.74) is 1.98. The lowest BCUT2D eigenvalue weighted by atomic mass is 9.89. The second-order valence-corrected chi connectivity index (χ2v) is 4.87. The standard InChI is InChI=1S/C12H13F3N4/c1-19-5-4-9(18-19)11-16-8-3-2-7(12(13,14)15)6-10(8)17-11/h4-5,7H,2-3,6H2,1H3,(H,16,17). The van der Waals surface area contributed by atoms with Gasteiger partial charge in [-0.2, -0.15) is 18.3 Å². The number of hydrogen-bond donors (Lipinski definition) is 1. The molecule has 1 atom stereocenters. The van der Waals surface area contributed by atoms with Crippen LogP contribution in [0.1, 0.15) is 17.8 Å². The number of imidazole rings is 1. The molecule has 0 spiro atoms. The predicted molar refractivity (Wildman–Crippen MR) is 62.4 cm³/mol. The van der Waals surface area contributed by atoms with Gasteiger partial charge in [0, 0.05) is 25.4 Å². The van der Waals surface area contributed by atoms with Gasteiger partial charge in [0.25, 0.3) is 0 Å². The average Bonchev–Trinajstić information content (AvgIpc) is 2.92. The number of aromatic amines is 1. The van der Waals surface area contributed by atoms with Crippen molar-refractivity contribution in [2.45, 2.75) is 25.4 Å². The molecule has 19 heavy (non-hydrogen) atoms. The van der Waals surface area contributed by atoms with Crippen molar-refractivity contribution in [2.75, 3.05) is 0 Å². The molecule has 0 saturated carbocycles. The van der Waals surface area contributed by atoms with Crippen LogP contribution in [-0.2, 0) is 19.9 Å². The summed E-state index contributed by atoms with van der Waals surface area (Å²) >= 11 is 0. The number of alkyl halides is 3. The van der Waals surface area contributed by atoms with Gasteiger partial charge in [-0.05, 0) is 18.9 Å². The Kier molecular flexibility index (Phi) is 2.65. The molecule has 1 aliphatic carbocycles. The molecule has 1 unspecified atom stereocenters. The van der Waals surface area contributed by atoms with E-state index in [2.05, 4.69) is 15.1 Å². The lowest BCUT2D eigenvalue weighted by Gasteiger charge is -2.23. The Morgan fingerprint density at radius 3 is 2.84 bits per heavy atom. The maximum atomic E-state index is 12.7. The molecule has 0 amide bonds. The summed E-state index contributed by atoms with van der Waals surface area (Å²) < 4.78 is 39.8. The van der Waals surface area contributed by atoms with E-state index < -0.39 is 12.1 Å². The average molecular weight is 270 g/mol. The van der Waals surface area contributed by atoms with E-state index in [1.165, 1.54) is 0 Å². The molecule has 3 rings (SSSR count). The largest absolute Gasteiger partial charge is 0.392 e. The molecular weight excluding hydrogens is 257 g/mol. The quantitative estimate of drug-likeness (QED) is 0.865. The highest BCUT2D eigenvalue weighted by atomic mass is 19.4. The van der Waals surface area contributed by atoms with E-state index in [1.54, 1.807) is 24.0 Å². The Balaban J connectivity index is 1.89. The molecule has 7 heteroatoms. The summed E-state index contributed by atoms with van der Waals surface area (Å²) in [5, 5.41) is 4.19. The monoisotopic (exact) mass is 270 g/mol. The Morgan fingerprint density at radius 2 is 2.21 bits per heavy atom. The summed E-state index contributed by atoms with van der Waals surface area (Å²) in [7, 11) is 1.78. The van der Waals surface area contributed by atoms with Crippen LogP contribution in [0.25, 0.3) is 11.5 Å². The van der Waals surface area contributed by atoms with Crippen LogP contribution in [0.5, 0.6) is 0 Å². The van der Waals surface area contributed by atoms with Gasteiger partial charge in [0.05, 0.1) is 11.6 Å². The topological polar surface area (TPSA) is 46.5 Å². The van der Waals surface area contributed by atoms with Gasteiger partial charge >= 0.3 is 6.18 Å². The maximum absolute atomic E-state index is 12.7. The molecule has 1 aliphatic rings. The molecule has 0 bridgehead atoms. The van der Waals surface area contributed by atoms with Crippen LogP contribution in [0, 0.1) is 5.92 Å². The number of nitrogens with zero attached hydrogens (tertiary/aromatic N) is 3. The van der Waals surface area contributed by atoms with Crippen molar-refractivity contribution in [1.82, 2.24) is 19.7 Å². The Labute approximate surface area is 107 Å². The second kappa shape index (κ2) is 4.11. The molecule has 102 valence electrons. The minimum atomic E-state index is -4.13. The summed E-state index contributed by atoms with van der Waals surface area (Å²) in [5.74, 6) is -0.717.